The van der Waals surface area contributed by atoms with E-state index in [-0.39, 0.29) is 6.03 Å². The molecule has 0 unspecified atom stereocenters. The quantitative estimate of drug-likeness (QED) is 0.342. The van der Waals surface area contributed by atoms with Gasteiger partial charge in [-0.05, 0) is 65.1 Å². The van der Waals surface area contributed by atoms with E-state index in [2.05, 4.69) is 47.7 Å². The summed E-state index contributed by atoms with van der Waals surface area (Å²) >= 11 is 0. The Labute approximate surface area is 214 Å². The van der Waals surface area contributed by atoms with Crippen molar-refractivity contribution in [2.24, 2.45) is 0 Å². The van der Waals surface area contributed by atoms with Crippen LogP contribution in [0.4, 0.5) is 10.5 Å². The first kappa shape index (κ1) is 22.8. The van der Waals surface area contributed by atoms with Crippen LogP contribution in [0.3, 0.4) is 0 Å². The first-order valence-electron chi connectivity index (χ1n) is 12.4. The fourth-order valence-electron chi connectivity index (χ4n) is 4.77. The molecule has 0 saturated carbocycles. The molecule has 0 saturated heterocycles. The maximum Gasteiger partial charge on any atom is 0.322 e. The SMILES string of the molecule is CCc1cccc(NC(=O)N2CCc3nc(-c4ccc5nonc5c4)nc(-c4ccccc4C)c3C2)c1. The minimum Gasteiger partial charge on any atom is -0.320 e. The molecule has 1 aliphatic rings. The highest BCUT2D eigenvalue weighted by molar-refractivity contribution is 5.90. The van der Waals surface area contributed by atoms with Crippen molar-refractivity contribution in [3.05, 3.63) is 89.1 Å². The lowest BCUT2D eigenvalue weighted by atomic mass is 9.96. The van der Waals surface area contributed by atoms with Crippen LogP contribution in [0.15, 0.2) is 71.4 Å². The van der Waals surface area contributed by atoms with Gasteiger partial charge in [0.15, 0.2) is 5.82 Å². The molecule has 8 heteroatoms. The second-order valence-electron chi connectivity index (χ2n) is 9.26. The standard InChI is InChI=1S/C29H26N6O2/c1-3-19-8-6-9-21(15-19)30-29(36)35-14-13-24-23(17-35)27(22-10-5-4-7-18(22)2)32-28(31-24)20-11-12-25-26(16-20)34-37-33-25/h4-12,15-16H,3,13-14,17H2,1-2H3,(H,30,36). The Bertz CT molecular complexity index is 1630. The molecule has 0 atom stereocenters. The number of fused-ring (bicyclic) bond motifs is 2. The molecule has 5 aromatic rings. The van der Waals surface area contributed by atoms with Crippen LogP contribution in [0.2, 0.25) is 0 Å². The van der Waals surface area contributed by atoms with Gasteiger partial charge in [-0.15, -0.1) is 0 Å². The number of carbonyl (C=O) groups is 1. The Morgan fingerprint density at radius 3 is 2.73 bits per heavy atom. The number of nitrogens with one attached hydrogen (secondary N) is 1. The lowest BCUT2D eigenvalue weighted by Gasteiger charge is -2.30. The molecule has 1 N–H and O–H groups in total. The Hall–Kier alpha value is -4.59. The van der Waals surface area contributed by atoms with E-state index in [1.54, 1.807) is 0 Å². The lowest BCUT2D eigenvalue weighted by molar-refractivity contribution is 0.206. The predicted molar refractivity (Wildman–Crippen MR) is 142 cm³/mol. The van der Waals surface area contributed by atoms with E-state index in [1.165, 1.54) is 5.56 Å². The third kappa shape index (κ3) is 4.42. The molecular formula is C29H26N6O2. The molecule has 6 rings (SSSR count). The number of benzene rings is 3. The summed E-state index contributed by atoms with van der Waals surface area (Å²) in [5.74, 6) is 0.621. The molecule has 0 fully saturated rings. The van der Waals surface area contributed by atoms with Crippen LogP contribution in [-0.2, 0) is 19.4 Å². The fraction of sp³-hybridized carbons (Fsp3) is 0.207. The number of aryl methyl sites for hydroxylation is 2. The maximum atomic E-state index is 13.2. The van der Waals surface area contributed by atoms with Crippen LogP contribution in [0.1, 0.15) is 29.3 Å². The van der Waals surface area contributed by atoms with Crippen LogP contribution in [0, 0.1) is 6.92 Å². The van der Waals surface area contributed by atoms with Crippen molar-refractivity contribution in [1.29, 1.82) is 0 Å². The summed E-state index contributed by atoms with van der Waals surface area (Å²) in [7, 11) is 0. The monoisotopic (exact) mass is 490 g/mol. The average molecular weight is 491 g/mol. The zero-order valence-electron chi connectivity index (χ0n) is 20.7. The average Bonchev–Trinajstić information content (AvgIpc) is 3.41. The van der Waals surface area contributed by atoms with Gasteiger partial charge < -0.3 is 10.2 Å². The van der Waals surface area contributed by atoms with Crippen molar-refractivity contribution in [3.8, 4) is 22.6 Å². The molecule has 2 amide bonds. The van der Waals surface area contributed by atoms with Crippen LogP contribution in [0.25, 0.3) is 33.7 Å². The minimum atomic E-state index is -0.123. The predicted octanol–water partition coefficient (Wildman–Crippen LogP) is 5.81. The van der Waals surface area contributed by atoms with Crippen molar-refractivity contribution in [3.63, 3.8) is 0 Å². The molecule has 8 nitrogen and oxygen atoms in total. The summed E-state index contributed by atoms with van der Waals surface area (Å²) in [4.78, 5) is 25.0. The van der Waals surface area contributed by atoms with Crippen LogP contribution in [0.5, 0.6) is 0 Å². The van der Waals surface area contributed by atoms with E-state index in [4.69, 9.17) is 14.6 Å². The van der Waals surface area contributed by atoms with Gasteiger partial charge >= 0.3 is 6.03 Å². The van der Waals surface area contributed by atoms with Gasteiger partial charge in [-0.3, -0.25) is 0 Å². The minimum absolute atomic E-state index is 0.123. The third-order valence-corrected chi connectivity index (χ3v) is 6.85. The second-order valence-corrected chi connectivity index (χ2v) is 9.26. The first-order valence-corrected chi connectivity index (χ1v) is 12.4. The van der Waals surface area contributed by atoms with E-state index in [1.807, 2.05) is 53.4 Å². The molecule has 3 aromatic carbocycles. The van der Waals surface area contributed by atoms with Gasteiger partial charge in [-0.2, -0.15) is 0 Å². The third-order valence-electron chi connectivity index (χ3n) is 6.85. The highest BCUT2D eigenvalue weighted by Crippen LogP contribution is 2.33. The lowest BCUT2D eigenvalue weighted by Crippen LogP contribution is -2.39. The normalized spacial score (nSPS) is 13.0. The highest BCUT2D eigenvalue weighted by Gasteiger charge is 2.27. The smallest absolute Gasteiger partial charge is 0.320 e. The molecule has 0 spiro atoms. The Morgan fingerprint density at radius 1 is 1.00 bits per heavy atom. The number of hydrogen-bond donors (Lipinski definition) is 1. The number of hydrogen-bond acceptors (Lipinski definition) is 6. The largest absolute Gasteiger partial charge is 0.322 e. The van der Waals surface area contributed by atoms with Gasteiger partial charge in [0.2, 0.25) is 0 Å². The molecule has 2 aromatic heterocycles. The van der Waals surface area contributed by atoms with E-state index in [0.717, 1.165) is 45.7 Å². The molecule has 37 heavy (non-hydrogen) atoms. The summed E-state index contributed by atoms with van der Waals surface area (Å²) < 4.78 is 4.86. The van der Waals surface area contributed by atoms with Gasteiger partial charge in [-0.1, -0.05) is 43.3 Å². The van der Waals surface area contributed by atoms with E-state index < -0.39 is 0 Å². The van der Waals surface area contributed by atoms with E-state index in [0.29, 0.717) is 36.4 Å². The summed E-state index contributed by atoms with van der Waals surface area (Å²) in [6, 6.07) is 21.7. The number of aromatic nitrogens is 4. The topological polar surface area (TPSA) is 97.0 Å². The number of nitrogens with zero attached hydrogens (tertiary/aromatic N) is 5. The van der Waals surface area contributed by atoms with Crippen LogP contribution >= 0.6 is 0 Å². The van der Waals surface area contributed by atoms with Crippen molar-refractivity contribution in [2.75, 3.05) is 11.9 Å². The Kier molecular flexibility index (Phi) is 5.84. The zero-order chi connectivity index (χ0) is 25.4. The van der Waals surface area contributed by atoms with Gasteiger partial charge in [0.1, 0.15) is 11.0 Å². The molecule has 0 bridgehead atoms. The van der Waals surface area contributed by atoms with Gasteiger partial charge in [0, 0.05) is 35.3 Å². The Morgan fingerprint density at radius 2 is 1.86 bits per heavy atom. The second kappa shape index (κ2) is 9.46. The maximum absolute atomic E-state index is 13.2. The number of urea groups is 1. The van der Waals surface area contributed by atoms with E-state index >= 15 is 0 Å². The summed E-state index contributed by atoms with van der Waals surface area (Å²) in [5.41, 5.74) is 9.11. The van der Waals surface area contributed by atoms with Crippen molar-refractivity contribution >= 4 is 22.8 Å². The van der Waals surface area contributed by atoms with Gasteiger partial charge in [-0.25, -0.2) is 19.4 Å². The van der Waals surface area contributed by atoms with Crippen LogP contribution < -0.4 is 5.32 Å². The number of carbonyl (C=O) groups excluding carboxylic acids is 1. The van der Waals surface area contributed by atoms with Crippen molar-refractivity contribution < 1.29 is 9.42 Å². The molecule has 3 heterocycles. The number of anilines is 1. The van der Waals surface area contributed by atoms with Gasteiger partial charge in [0.25, 0.3) is 0 Å². The summed E-state index contributed by atoms with van der Waals surface area (Å²) in [6.07, 6.45) is 1.56. The number of amides is 2. The summed E-state index contributed by atoms with van der Waals surface area (Å²) in [6.45, 7) is 5.18. The van der Waals surface area contributed by atoms with Crippen molar-refractivity contribution in [1.82, 2.24) is 25.2 Å². The fourth-order valence-corrected chi connectivity index (χ4v) is 4.77. The van der Waals surface area contributed by atoms with Crippen LogP contribution in [-0.4, -0.2) is 37.8 Å². The number of rotatable bonds is 4. The Balaban J connectivity index is 1.38. The molecule has 0 aliphatic carbocycles. The van der Waals surface area contributed by atoms with Gasteiger partial charge in [0.05, 0.1) is 17.9 Å². The molecule has 0 radical (unpaired) electrons. The summed E-state index contributed by atoms with van der Waals surface area (Å²) in [5, 5.41) is 10.9. The van der Waals surface area contributed by atoms with Crippen molar-refractivity contribution in [2.45, 2.75) is 33.2 Å². The molecule has 1 aliphatic heterocycles. The highest BCUT2D eigenvalue weighted by atomic mass is 16.6. The molecular weight excluding hydrogens is 464 g/mol. The first-order chi connectivity index (χ1) is 18.1. The zero-order valence-corrected chi connectivity index (χ0v) is 20.7. The molecule has 184 valence electrons. The van der Waals surface area contributed by atoms with E-state index in [9.17, 15) is 4.79 Å².